The maximum Gasteiger partial charge on any atom is 0.255 e. The Kier molecular flexibility index (Phi) is 7.12. The lowest BCUT2D eigenvalue weighted by molar-refractivity contribution is -0.116. The number of aromatic nitrogens is 1. The molecule has 32 heavy (non-hydrogen) atoms. The van der Waals surface area contributed by atoms with Gasteiger partial charge in [0.05, 0.1) is 16.8 Å². The number of hydrogen-bond donors (Lipinski definition) is 1. The zero-order valence-corrected chi connectivity index (χ0v) is 18.1. The molecule has 0 saturated carbocycles. The van der Waals surface area contributed by atoms with Gasteiger partial charge in [-0.05, 0) is 36.6 Å². The minimum absolute atomic E-state index is 0.0884. The van der Waals surface area contributed by atoms with Gasteiger partial charge in [-0.25, -0.2) is 13.2 Å². The summed E-state index contributed by atoms with van der Waals surface area (Å²) in [6.45, 7) is 5.70. The van der Waals surface area contributed by atoms with Crippen molar-refractivity contribution in [1.82, 2.24) is 9.88 Å². The SMILES string of the molecule is CCCN(CC(=O)Nc1ccc(F)c(F)c1F)C(=O)c1cc(C(C)C)nc2ccccc12. The van der Waals surface area contributed by atoms with Gasteiger partial charge in [0.2, 0.25) is 5.91 Å². The van der Waals surface area contributed by atoms with Gasteiger partial charge >= 0.3 is 0 Å². The fourth-order valence-corrected chi connectivity index (χ4v) is 3.35. The van der Waals surface area contributed by atoms with Crippen LogP contribution in [-0.4, -0.2) is 34.8 Å². The van der Waals surface area contributed by atoms with Crippen molar-refractivity contribution < 1.29 is 22.8 Å². The standard InChI is InChI=1S/C24H24F3N3O2/c1-4-11-30(13-21(31)29-19-10-9-17(25)22(26)23(19)27)24(32)16-12-20(14(2)3)28-18-8-6-5-7-15(16)18/h5-10,12,14H,4,11,13H2,1-3H3,(H,29,31). The third-order valence-corrected chi connectivity index (χ3v) is 4.98. The summed E-state index contributed by atoms with van der Waals surface area (Å²) in [4.78, 5) is 31.9. The Labute approximate surface area is 184 Å². The first kappa shape index (κ1) is 23.2. The highest BCUT2D eigenvalue weighted by atomic mass is 19.2. The van der Waals surface area contributed by atoms with Crippen LogP contribution in [0.4, 0.5) is 18.9 Å². The Morgan fingerprint density at radius 3 is 2.47 bits per heavy atom. The van der Waals surface area contributed by atoms with Crippen molar-refractivity contribution in [3.8, 4) is 0 Å². The molecular weight excluding hydrogens is 419 g/mol. The molecule has 1 heterocycles. The summed E-state index contributed by atoms with van der Waals surface area (Å²) in [6, 6.07) is 10.6. The number of nitrogens with one attached hydrogen (secondary N) is 1. The van der Waals surface area contributed by atoms with E-state index in [0.717, 1.165) is 17.8 Å². The molecule has 8 heteroatoms. The van der Waals surface area contributed by atoms with Crippen molar-refractivity contribution in [2.75, 3.05) is 18.4 Å². The van der Waals surface area contributed by atoms with E-state index in [-0.39, 0.29) is 24.9 Å². The van der Waals surface area contributed by atoms with E-state index in [2.05, 4.69) is 10.3 Å². The molecule has 0 atom stereocenters. The average molecular weight is 443 g/mol. The summed E-state index contributed by atoms with van der Waals surface area (Å²) in [5.41, 5.74) is 1.34. The third-order valence-electron chi connectivity index (χ3n) is 4.98. The number of pyridine rings is 1. The number of carbonyl (C=O) groups excluding carboxylic acids is 2. The first-order chi connectivity index (χ1) is 15.2. The molecule has 5 nitrogen and oxygen atoms in total. The first-order valence-corrected chi connectivity index (χ1v) is 10.3. The summed E-state index contributed by atoms with van der Waals surface area (Å²) in [6.07, 6.45) is 0.582. The summed E-state index contributed by atoms with van der Waals surface area (Å²) in [7, 11) is 0. The van der Waals surface area contributed by atoms with Crippen LogP contribution in [0.25, 0.3) is 10.9 Å². The summed E-state index contributed by atoms with van der Waals surface area (Å²) in [5, 5.41) is 2.88. The molecule has 0 radical (unpaired) electrons. The molecule has 0 bridgehead atoms. The molecule has 3 aromatic rings. The molecule has 0 fully saturated rings. The minimum atomic E-state index is -1.67. The number of anilines is 1. The van der Waals surface area contributed by atoms with Crippen LogP contribution in [0.5, 0.6) is 0 Å². The van der Waals surface area contributed by atoms with E-state index in [0.29, 0.717) is 22.9 Å². The first-order valence-electron chi connectivity index (χ1n) is 10.3. The second kappa shape index (κ2) is 9.80. The van der Waals surface area contributed by atoms with Crippen LogP contribution in [-0.2, 0) is 4.79 Å². The van der Waals surface area contributed by atoms with Crippen molar-refractivity contribution >= 4 is 28.4 Å². The second-order valence-corrected chi connectivity index (χ2v) is 7.76. The number of fused-ring (bicyclic) bond motifs is 1. The molecule has 0 unspecified atom stereocenters. The second-order valence-electron chi connectivity index (χ2n) is 7.76. The van der Waals surface area contributed by atoms with Crippen molar-refractivity contribution in [2.45, 2.75) is 33.1 Å². The van der Waals surface area contributed by atoms with Gasteiger partial charge in [0.25, 0.3) is 5.91 Å². The van der Waals surface area contributed by atoms with Gasteiger partial charge in [-0.2, -0.15) is 0 Å². The van der Waals surface area contributed by atoms with Crippen molar-refractivity contribution in [2.24, 2.45) is 0 Å². The van der Waals surface area contributed by atoms with Crippen molar-refractivity contribution in [1.29, 1.82) is 0 Å². The van der Waals surface area contributed by atoms with E-state index in [1.165, 1.54) is 4.90 Å². The van der Waals surface area contributed by atoms with Crippen LogP contribution in [0.1, 0.15) is 49.2 Å². The van der Waals surface area contributed by atoms with E-state index in [1.54, 1.807) is 18.2 Å². The molecule has 0 aliphatic carbocycles. The largest absolute Gasteiger partial charge is 0.329 e. The highest BCUT2D eigenvalue weighted by Gasteiger charge is 2.23. The lowest BCUT2D eigenvalue weighted by atomic mass is 10.0. The Morgan fingerprint density at radius 1 is 1.06 bits per heavy atom. The smallest absolute Gasteiger partial charge is 0.255 e. The number of carbonyl (C=O) groups is 2. The van der Waals surface area contributed by atoms with Gasteiger partial charge in [-0.15, -0.1) is 0 Å². The summed E-state index contributed by atoms with van der Waals surface area (Å²) < 4.78 is 40.5. The molecule has 1 aromatic heterocycles. The minimum Gasteiger partial charge on any atom is -0.329 e. The molecule has 0 spiro atoms. The molecule has 0 saturated heterocycles. The van der Waals surface area contributed by atoms with Gasteiger partial charge in [-0.3, -0.25) is 14.6 Å². The van der Waals surface area contributed by atoms with Gasteiger partial charge in [-0.1, -0.05) is 39.0 Å². The predicted octanol–water partition coefficient (Wildman–Crippen LogP) is 5.27. The lowest BCUT2D eigenvalue weighted by Gasteiger charge is -2.23. The van der Waals surface area contributed by atoms with E-state index in [1.807, 2.05) is 32.9 Å². The molecule has 0 aliphatic rings. The van der Waals surface area contributed by atoms with Gasteiger partial charge in [0, 0.05) is 17.6 Å². The monoisotopic (exact) mass is 443 g/mol. The fraction of sp³-hybridized carbons (Fsp3) is 0.292. The Morgan fingerprint density at radius 2 is 1.78 bits per heavy atom. The summed E-state index contributed by atoms with van der Waals surface area (Å²) in [5.74, 6) is -5.52. The van der Waals surface area contributed by atoms with Crippen LogP contribution in [0, 0.1) is 17.5 Å². The Hall–Kier alpha value is -3.42. The van der Waals surface area contributed by atoms with Gasteiger partial charge in [0.1, 0.15) is 6.54 Å². The number of benzene rings is 2. The van der Waals surface area contributed by atoms with Crippen molar-refractivity contribution in [3.63, 3.8) is 0 Å². The quantitative estimate of drug-likeness (QED) is 0.506. The zero-order chi connectivity index (χ0) is 23.4. The van der Waals surface area contributed by atoms with Gasteiger partial charge in [0.15, 0.2) is 17.5 Å². The maximum absolute atomic E-state index is 13.9. The molecule has 168 valence electrons. The van der Waals surface area contributed by atoms with Crippen LogP contribution in [0.3, 0.4) is 0 Å². The highest BCUT2D eigenvalue weighted by Crippen LogP contribution is 2.24. The van der Waals surface area contributed by atoms with Crippen molar-refractivity contribution in [3.05, 3.63) is 71.2 Å². The lowest BCUT2D eigenvalue weighted by Crippen LogP contribution is -2.38. The van der Waals surface area contributed by atoms with E-state index < -0.39 is 29.0 Å². The number of rotatable bonds is 7. The molecule has 2 amide bonds. The van der Waals surface area contributed by atoms with Crippen LogP contribution >= 0.6 is 0 Å². The highest BCUT2D eigenvalue weighted by molar-refractivity contribution is 6.07. The fourth-order valence-electron chi connectivity index (χ4n) is 3.35. The Balaban J connectivity index is 1.90. The number of halogens is 3. The summed E-state index contributed by atoms with van der Waals surface area (Å²) >= 11 is 0. The topological polar surface area (TPSA) is 62.3 Å². The molecule has 0 aliphatic heterocycles. The normalized spacial score (nSPS) is 11.1. The zero-order valence-electron chi connectivity index (χ0n) is 18.1. The van der Waals surface area contributed by atoms with Crippen LogP contribution in [0.15, 0.2) is 42.5 Å². The molecule has 3 rings (SSSR count). The number of para-hydroxylation sites is 1. The number of nitrogens with zero attached hydrogens (tertiary/aromatic N) is 2. The number of amides is 2. The van der Waals surface area contributed by atoms with Crippen LogP contribution in [0.2, 0.25) is 0 Å². The Bertz CT molecular complexity index is 1160. The maximum atomic E-state index is 13.9. The molecule has 2 aromatic carbocycles. The van der Waals surface area contributed by atoms with Gasteiger partial charge < -0.3 is 10.2 Å². The third kappa shape index (κ3) is 4.90. The predicted molar refractivity (Wildman–Crippen MR) is 117 cm³/mol. The van der Waals surface area contributed by atoms with E-state index in [9.17, 15) is 22.8 Å². The molecular formula is C24H24F3N3O2. The number of hydrogen-bond acceptors (Lipinski definition) is 3. The van der Waals surface area contributed by atoms with E-state index >= 15 is 0 Å². The van der Waals surface area contributed by atoms with E-state index in [4.69, 9.17) is 0 Å². The average Bonchev–Trinajstić information content (AvgIpc) is 2.78. The van der Waals surface area contributed by atoms with Crippen LogP contribution < -0.4 is 5.32 Å². The molecule has 1 N–H and O–H groups in total.